The van der Waals surface area contributed by atoms with Crippen molar-refractivity contribution in [1.29, 1.82) is 0 Å². The summed E-state index contributed by atoms with van der Waals surface area (Å²) in [6, 6.07) is 11.4. The lowest BCUT2D eigenvalue weighted by Crippen LogP contribution is -2.52. The molecule has 3 N–H and O–H groups in total. The second kappa shape index (κ2) is 18.4. The monoisotopic (exact) mass is 787 g/mol. The van der Waals surface area contributed by atoms with E-state index in [1.54, 1.807) is 32.9 Å². The molecule has 56 heavy (non-hydrogen) atoms. The lowest BCUT2D eigenvalue weighted by molar-refractivity contribution is -0.155. The highest BCUT2D eigenvalue weighted by atomic mass is 19.4. The summed E-state index contributed by atoms with van der Waals surface area (Å²) in [4.78, 5) is 53.4. The number of carbonyl (C=O) groups excluding carboxylic acids is 3. The average Bonchev–Trinajstić information content (AvgIpc) is 3.15. The van der Waals surface area contributed by atoms with Crippen LogP contribution in [0.4, 0.5) is 35.5 Å². The van der Waals surface area contributed by atoms with Gasteiger partial charge in [-0.2, -0.15) is 28.1 Å². The molecule has 1 aromatic heterocycles. The standard InChI is InChI=1S/C38H48F3N7O8/c1-36(2,3)56-35(51)48-17-15-37(16-18-48,31(50)52-4)23-43-30(49)28-14-11-26-21-29(28)54-20-8-6-5-7-19-53-27-12-9-25(10-13-27)22-42-32-45-33(44-26)47-34(46-32)55-24-38(39,40)41/h9-14,21H,5-8,15-20,22-24H2,1-4H3,(H,43,49)(H2,42,44,45,46,47). The van der Waals surface area contributed by atoms with Crippen molar-refractivity contribution in [3.8, 4) is 17.5 Å². The Labute approximate surface area is 323 Å². The average molecular weight is 788 g/mol. The molecule has 3 aliphatic heterocycles. The van der Waals surface area contributed by atoms with E-state index in [0.717, 1.165) is 24.8 Å². The van der Waals surface area contributed by atoms with Gasteiger partial charge in [-0.05, 0) is 89.1 Å². The van der Waals surface area contributed by atoms with E-state index in [4.69, 9.17) is 23.7 Å². The fraction of sp³-hybridized carbons (Fsp3) is 0.526. The van der Waals surface area contributed by atoms with E-state index in [2.05, 4.69) is 30.9 Å². The maximum Gasteiger partial charge on any atom is 0.422 e. The number of amides is 2. The molecule has 15 nitrogen and oxygen atoms in total. The van der Waals surface area contributed by atoms with E-state index in [-0.39, 0.29) is 68.8 Å². The topological polar surface area (TPSA) is 175 Å². The number of esters is 1. The quantitative estimate of drug-likeness (QED) is 0.234. The van der Waals surface area contributed by atoms with E-state index in [9.17, 15) is 27.6 Å². The molecule has 18 heteroatoms. The fourth-order valence-corrected chi connectivity index (χ4v) is 6.01. The predicted molar refractivity (Wildman–Crippen MR) is 198 cm³/mol. The highest BCUT2D eigenvalue weighted by molar-refractivity contribution is 5.98. The molecule has 3 aliphatic rings. The molecule has 304 valence electrons. The molecule has 0 atom stereocenters. The van der Waals surface area contributed by atoms with Gasteiger partial charge in [0.2, 0.25) is 11.9 Å². The molecule has 3 aromatic rings. The second-order valence-corrected chi connectivity index (χ2v) is 14.5. The van der Waals surface area contributed by atoms with Crippen LogP contribution in [0.5, 0.6) is 17.5 Å². The Bertz CT molecular complexity index is 1810. The third-order valence-electron chi connectivity index (χ3n) is 8.98. The number of nitrogens with one attached hydrogen (secondary N) is 3. The summed E-state index contributed by atoms with van der Waals surface area (Å²) in [6.45, 7) is 5.13. The van der Waals surface area contributed by atoms with Crippen molar-refractivity contribution in [3.05, 3.63) is 53.6 Å². The first-order chi connectivity index (χ1) is 26.6. The smallest absolute Gasteiger partial charge is 0.422 e. The summed E-state index contributed by atoms with van der Waals surface area (Å²) in [5, 5.41) is 8.82. The number of ether oxygens (including phenoxy) is 5. The largest absolute Gasteiger partial charge is 0.494 e. The maximum atomic E-state index is 13.8. The number of halogens is 3. The number of benzene rings is 2. The molecule has 1 fully saturated rings. The number of methoxy groups -OCH3 is 1. The Hall–Kier alpha value is -5.55. The molecule has 0 unspecified atom stereocenters. The third-order valence-corrected chi connectivity index (χ3v) is 8.98. The van der Waals surface area contributed by atoms with E-state index in [1.807, 2.05) is 24.3 Å². The van der Waals surface area contributed by atoms with E-state index in [1.165, 1.54) is 18.1 Å². The number of alkyl halides is 3. The van der Waals surface area contributed by atoms with Gasteiger partial charge in [-0.3, -0.25) is 9.59 Å². The van der Waals surface area contributed by atoms with Gasteiger partial charge in [0, 0.05) is 37.9 Å². The zero-order valence-corrected chi connectivity index (χ0v) is 31.9. The Morgan fingerprint density at radius 3 is 2.25 bits per heavy atom. The SMILES string of the molecule is COC(=O)C1(CNC(=O)c2ccc3cc2OCCCCCCOc2ccc(cc2)CNc2nc(nc(OCC(F)(F)F)n2)N3)CCN(C(=O)OC(C)(C)C)CC1. The number of piperidine rings is 1. The van der Waals surface area contributed by atoms with Gasteiger partial charge in [-0.1, -0.05) is 12.1 Å². The zero-order chi connectivity index (χ0) is 40.3. The van der Waals surface area contributed by atoms with Crippen LogP contribution in [0, 0.1) is 5.41 Å². The number of carbonyl (C=O) groups is 3. The lowest BCUT2D eigenvalue weighted by atomic mass is 9.78. The Kier molecular flexibility index (Phi) is 13.7. The van der Waals surface area contributed by atoms with E-state index < -0.39 is 47.8 Å². The third kappa shape index (κ3) is 12.2. The summed E-state index contributed by atoms with van der Waals surface area (Å²) in [5.41, 5.74) is -0.399. The molecule has 0 aliphatic carbocycles. The van der Waals surface area contributed by atoms with Crippen LogP contribution in [-0.4, -0.2) is 96.2 Å². The number of hydrogen-bond acceptors (Lipinski definition) is 13. The van der Waals surface area contributed by atoms with Gasteiger partial charge in [0.05, 0.1) is 31.3 Å². The van der Waals surface area contributed by atoms with Crippen LogP contribution in [0.2, 0.25) is 0 Å². The minimum Gasteiger partial charge on any atom is -0.494 e. The number of fused-ring (bicyclic) bond motifs is 10. The minimum atomic E-state index is -4.63. The van der Waals surface area contributed by atoms with Gasteiger partial charge in [0.25, 0.3) is 5.91 Å². The Balaban J connectivity index is 1.36. The first-order valence-electron chi connectivity index (χ1n) is 18.4. The lowest BCUT2D eigenvalue weighted by Gasteiger charge is -2.40. The number of aromatic nitrogens is 3. The van der Waals surface area contributed by atoms with Crippen molar-refractivity contribution in [3.63, 3.8) is 0 Å². The van der Waals surface area contributed by atoms with Crippen LogP contribution in [0.15, 0.2) is 42.5 Å². The highest BCUT2D eigenvalue weighted by Crippen LogP contribution is 2.34. The highest BCUT2D eigenvalue weighted by Gasteiger charge is 2.44. The van der Waals surface area contributed by atoms with Gasteiger partial charge < -0.3 is 44.5 Å². The van der Waals surface area contributed by atoms with Gasteiger partial charge in [0.15, 0.2) is 6.61 Å². The summed E-state index contributed by atoms with van der Waals surface area (Å²) in [6.07, 6.45) is -1.41. The molecule has 0 saturated carbocycles. The summed E-state index contributed by atoms with van der Waals surface area (Å²) in [7, 11) is 1.28. The van der Waals surface area contributed by atoms with Gasteiger partial charge in [-0.25, -0.2) is 4.79 Å². The molecule has 0 radical (unpaired) electrons. The molecule has 4 heterocycles. The summed E-state index contributed by atoms with van der Waals surface area (Å²) >= 11 is 0. The minimum absolute atomic E-state index is 0.0465. The molecular weight excluding hydrogens is 739 g/mol. The summed E-state index contributed by atoms with van der Waals surface area (Å²) in [5.74, 6) is -0.298. The first kappa shape index (κ1) is 41.6. The van der Waals surface area contributed by atoms with Crippen LogP contribution < -0.4 is 30.2 Å². The van der Waals surface area contributed by atoms with Gasteiger partial charge >= 0.3 is 24.2 Å². The van der Waals surface area contributed by atoms with E-state index >= 15 is 0 Å². The number of nitrogens with zero attached hydrogens (tertiary/aromatic N) is 4. The van der Waals surface area contributed by atoms with Crippen molar-refractivity contribution < 1.29 is 51.2 Å². The number of anilines is 3. The van der Waals surface area contributed by atoms with Crippen molar-refractivity contribution in [2.75, 3.05) is 57.2 Å². The maximum absolute atomic E-state index is 13.8. The number of hydrogen-bond donors (Lipinski definition) is 3. The van der Waals surface area contributed by atoms with Gasteiger partial charge in [-0.15, -0.1) is 0 Å². The van der Waals surface area contributed by atoms with Crippen LogP contribution >= 0.6 is 0 Å². The molecule has 1 saturated heterocycles. The van der Waals surface area contributed by atoms with Crippen molar-refractivity contribution in [2.24, 2.45) is 5.41 Å². The zero-order valence-electron chi connectivity index (χ0n) is 31.9. The molecule has 2 aromatic carbocycles. The summed E-state index contributed by atoms with van der Waals surface area (Å²) < 4.78 is 66.6. The fourth-order valence-electron chi connectivity index (χ4n) is 6.01. The van der Waals surface area contributed by atoms with Crippen LogP contribution in [0.1, 0.15) is 75.2 Å². The molecular formula is C38H48F3N7O8. The van der Waals surface area contributed by atoms with Crippen LogP contribution in [0.3, 0.4) is 0 Å². The Morgan fingerprint density at radius 2 is 1.59 bits per heavy atom. The van der Waals surface area contributed by atoms with Crippen molar-refractivity contribution in [1.82, 2.24) is 25.2 Å². The van der Waals surface area contributed by atoms with E-state index in [0.29, 0.717) is 24.5 Å². The first-order valence-corrected chi connectivity index (χ1v) is 18.4. The number of rotatable bonds is 6. The Morgan fingerprint density at radius 1 is 0.911 bits per heavy atom. The molecule has 0 spiro atoms. The predicted octanol–water partition coefficient (Wildman–Crippen LogP) is 6.42. The van der Waals surface area contributed by atoms with Crippen LogP contribution in [-0.2, 0) is 20.8 Å². The molecule has 2 amide bonds. The molecule has 6 rings (SSSR count). The van der Waals surface area contributed by atoms with Crippen molar-refractivity contribution in [2.45, 2.75) is 77.6 Å². The normalized spacial score (nSPS) is 16.4. The van der Waals surface area contributed by atoms with Crippen molar-refractivity contribution >= 4 is 35.6 Å². The van der Waals surface area contributed by atoms with Gasteiger partial charge in [0.1, 0.15) is 17.1 Å². The molecule has 6 bridgehead atoms. The van der Waals surface area contributed by atoms with Crippen LogP contribution in [0.25, 0.3) is 0 Å². The number of likely N-dealkylation sites (tertiary alicyclic amines) is 1. The second-order valence-electron chi connectivity index (χ2n) is 14.5.